The van der Waals surface area contributed by atoms with Crippen LogP contribution < -0.4 is 10.1 Å². The van der Waals surface area contributed by atoms with Gasteiger partial charge in [-0.2, -0.15) is 0 Å². The molecule has 0 aliphatic heterocycles. The Kier molecular flexibility index (Phi) is 4.83. The summed E-state index contributed by atoms with van der Waals surface area (Å²) in [6.45, 7) is 0. The van der Waals surface area contributed by atoms with Gasteiger partial charge in [0.05, 0.1) is 18.4 Å². The fourth-order valence-corrected chi connectivity index (χ4v) is 3.03. The molecule has 0 aliphatic rings. The zero-order chi connectivity index (χ0) is 20.4. The number of ether oxygens (including phenoxy) is 1. The summed E-state index contributed by atoms with van der Waals surface area (Å²) in [5.41, 5.74) is 0.884. The van der Waals surface area contributed by atoms with Crippen molar-refractivity contribution in [3.05, 3.63) is 95.5 Å². The van der Waals surface area contributed by atoms with Gasteiger partial charge in [0.2, 0.25) is 5.78 Å². The van der Waals surface area contributed by atoms with E-state index in [-0.39, 0.29) is 17.0 Å². The molecule has 0 fully saturated rings. The topological polar surface area (TPSA) is 68.5 Å². The van der Waals surface area contributed by atoms with E-state index in [4.69, 9.17) is 9.15 Å². The van der Waals surface area contributed by atoms with E-state index in [1.54, 1.807) is 54.6 Å². The van der Waals surface area contributed by atoms with E-state index in [2.05, 4.69) is 5.32 Å². The summed E-state index contributed by atoms with van der Waals surface area (Å²) >= 11 is 0. The van der Waals surface area contributed by atoms with Crippen molar-refractivity contribution in [1.29, 1.82) is 0 Å². The molecule has 1 aromatic heterocycles. The van der Waals surface area contributed by atoms with Crippen molar-refractivity contribution >= 4 is 28.3 Å². The Hall–Kier alpha value is -3.93. The number of rotatable bonds is 5. The number of methoxy groups -OCH3 is 1. The number of benzene rings is 3. The van der Waals surface area contributed by atoms with Crippen molar-refractivity contribution in [3.8, 4) is 5.75 Å². The van der Waals surface area contributed by atoms with E-state index < -0.39 is 17.5 Å². The Balaban J connectivity index is 1.77. The maximum atomic E-state index is 14.0. The third-order valence-corrected chi connectivity index (χ3v) is 4.51. The van der Waals surface area contributed by atoms with Crippen LogP contribution in [0, 0.1) is 5.82 Å². The number of hydrogen-bond donors (Lipinski definition) is 1. The van der Waals surface area contributed by atoms with Gasteiger partial charge in [-0.1, -0.05) is 24.3 Å². The first-order valence-electron chi connectivity index (χ1n) is 8.84. The molecule has 0 saturated heterocycles. The van der Waals surface area contributed by atoms with Gasteiger partial charge < -0.3 is 14.5 Å². The molecule has 0 saturated carbocycles. The standard InChI is InChI=1S/C23H16FNO4/c1-28-15-12-10-14(11-13-15)21(26)22-20(17-7-3-5-9-19(17)29-22)25-23(27)16-6-2-4-8-18(16)24/h2-13H,1H3,(H,25,27). The molecule has 29 heavy (non-hydrogen) atoms. The van der Waals surface area contributed by atoms with E-state index >= 15 is 0 Å². The van der Waals surface area contributed by atoms with Crippen LogP contribution in [0.15, 0.2) is 77.2 Å². The maximum absolute atomic E-state index is 14.0. The zero-order valence-corrected chi connectivity index (χ0v) is 15.4. The van der Waals surface area contributed by atoms with E-state index in [1.165, 1.54) is 25.3 Å². The van der Waals surface area contributed by atoms with Crippen molar-refractivity contribution in [2.45, 2.75) is 0 Å². The second-order valence-electron chi connectivity index (χ2n) is 6.29. The number of furan rings is 1. The number of para-hydroxylation sites is 1. The van der Waals surface area contributed by atoms with Crippen LogP contribution in [0.5, 0.6) is 5.75 Å². The molecule has 0 spiro atoms. The monoisotopic (exact) mass is 389 g/mol. The number of amides is 1. The second-order valence-corrected chi connectivity index (χ2v) is 6.29. The highest BCUT2D eigenvalue weighted by atomic mass is 19.1. The summed E-state index contributed by atoms with van der Waals surface area (Å²) < 4.78 is 24.9. The Morgan fingerprint density at radius 2 is 1.62 bits per heavy atom. The summed E-state index contributed by atoms with van der Waals surface area (Å²) in [5, 5.41) is 3.20. The van der Waals surface area contributed by atoms with Gasteiger partial charge in [-0.15, -0.1) is 0 Å². The van der Waals surface area contributed by atoms with Crippen LogP contribution in [0.1, 0.15) is 26.5 Å². The molecule has 4 aromatic rings. The number of halogens is 1. The first-order valence-corrected chi connectivity index (χ1v) is 8.84. The Bertz CT molecular complexity index is 1210. The van der Waals surface area contributed by atoms with Crippen LogP contribution in [0.25, 0.3) is 11.0 Å². The molecule has 6 heteroatoms. The third-order valence-electron chi connectivity index (χ3n) is 4.51. The van der Waals surface area contributed by atoms with Gasteiger partial charge in [-0.3, -0.25) is 9.59 Å². The Morgan fingerprint density at radius 1 is 0.931 bits per heavy atom. The molecule has 3 aromatic carbocycles. The molecular formula is C23H16FNO4. The fraction of sp³-hybridized carbons (Fsp3) is 0.0435. The predicted molar refractivity (Wildman–Crippen MR) is 107 cm³/mol. The number of hydrogen-bond acceptors (Lipinski definition) is 4. The van der Waals surface area contributed by atoms with Crippen LogP contribution >= 0.6 is 0 Å². The van der Waals surface area contributed by atoms with Crippen molar-refractivity contribution in [3.63, 3.8) is 0 Å². The molecule has 144 valence electrons. The smallest absolute Gasteiger partial charge is 0.258 e. The van der Waals surface area contributed by atoms with E-state index in [0.29, 0.717) is 22.3 Å². The average molecular weight is 389 g/mol. The van der Waals surface area contributed by atoms with Crippen LogP contribution in [0.2, 0.25) is 0 Å². The van der Waals surface area contributed by atoms with Gasteiger partial charge in [0.25, 0.3) is 5.91 Å². The lowest BCUT2D eigenvalue weighted by atomic mass is 10.1. The summed E-state index contributed by atoms with van der Waals surface area (Å²) in [7, 11) is 1.53. The molecule has 0 aliphatic carbocycles. The summed E-state index contributed by atoms with van der Waals surface area (Å²) in [5.74, 6) is -1.15. The van der Waals surface area contributed by atoms with Gasteiger partial charge >= 0.3 is 0 Å². The molecule has 4 rings (SSSR count). The lowest BCUT2D eigenvalue weighted by Crippen LogP contribution is -2.15. The number of nitrogens with one attached hydrogen (secondary N) is 1. The molecule has 0 radical (unpaired) electrons. The van der Waals surface area contributed by atoms with Crippen molar-refractivity contribution in [1.82, 2.24) is 0 Å². The van der Waals surface area contributed by atoms with Gasteiger partial charge in [0.15, 0.2) is 5.76 Å². The first-order chi connectivity index (χ1) is 14.1. The minimum absolute atomic E-state index is 0.0268. The molecule has 0 atom stereocenters. The van der Waals surface area contributed by atoms with Crippen molar-refractivity contribution in [2.75, 3.05) is 12.4 Å². The summed E-state index contributed by atoms with van der Waals surface area (Å²) in [6.07, 6.45) is 0. The molecular weight excluding hydrogens is 373 g/mol. The molecule has 1 amide bonds. The summed E-state index contributed by atoms with van der Waals surface area (Å²) in [6, 6.07) is 19.1. The van der Waals surface area contributed by atoms with Crippen LogP contribution in [0.3, 0.4) is 0 Å². The average Bonchev–Trinajstić information content (AvgIpc) is 3.12. The largest absolute Gasteiger partial charge is 0.497 e. The molecule has 1 N–H and O–H groups in total. The molecule has 1 heterocycles. The maximum Gasteiger partial charge on any atom is 0.258 e. The SMILES string of the molecule is COc1ccc(C(=O)c2oc3ccccc3c2NC(=O)c2ccccc2F)cc1. The number of carbonyl (C=O) groups excluding carboxylic acids is 2. The number of carbonyl (C=O) groups is 2. The van der Waals surface area contributed by atoms with Gasteiger partial charge in [-0.25, -0.2) is 4.39 Å². The van der Waals surface area contributed by atoms with Crippen LogP contribution in [0.4, 0.5) is 10.1 Å². The Labute approximate surface area is 165 Å². The molecule has 0 unspecified atom stereocenters. The molecule has 0 bridgehead atoms. The fourth-order valence-electron chi connectivity index (χ4n) is 3.03. The van der Waals surface area contributed by atoms with E-state index in [9.17, 15) is 14.0 Å². The van der Waals surface area contributed by atoms with Crippen LogP contribution in [-0.2, 0) is 0 Å². The lowest BCUT2D eigenvalue weighted by Gasteiger charge is -2.07. The minimum atomic E-state index is -0.668. The number of fused-ring (bicyclic) bond motifs is 1. The van der Waals surface area contributed by atoms with Gasteiger partial charge in [-0.05, 0) is 48.5 Å². The highest BCUT2D eigenvalue weighted by Crippen LogP contribution is 2.33. The number of ketones is 1. The van der Waals surface area contributed by atoms with Crippen LogP contribution in [-0.4, -0.2) is 18.8 Å². The zero-order valence-electron chi connectivity index (χ0n) is 15.4. The third kappa shape index (κ3) is 3.48. The summed E-state index contributed by atoms with van der Waals surface area (Å²) in [4.78, 5) is 25.7. The lowest BCUT2D eigenvalue weighted by molar-refractivity contribution is 0.101. The van der Waals surface area contributed by atoms with Gasteiger partial charge in [0.1, 0.15) is 17.1 Å². The first kappa shape index (κ1) is 18.4. The Morgan fingerprint density at radius 3 is 2.34 bits per heavy atom. The minimum Gasteiger partial charge on any atom is -0.497 e. The highest BCUT2D eigenvalue weighted by Gasteiger charge is 2.24. The van der Waals surface area contributed by atoms with Crippen molar-refractivity contribution < 1.29 is 23.1 Å². The quantitative estimate of drug-likeness (QED) is 0.484. The highest BCUT2D eigenvalue weighted by molar-refractivity contribution is 6.18. The predicted octanol–water partition coefficient (Wildman–Crippen LogP) is 5.06. The van der Waals surface area contributed by atoms with E-state index in [1.807, 2.05) is 0 Å². The number of anilines is 1. The van der Waals surface area contributed by atoms with Crippen molar-refractivity contribution in [2.24, 2.45) is 0 Å². The molecule has 5 nitrogen and oxygen atoms in total. The normalized spacial score (nSPS) is 10.7. The second kappa shape index (κ2) is 7.59. The van der Waals surface area contributed by atoms with Gasteiger partial charge in [0, 0.05) is 10.9 Å². The van der Waals surface area contributed by atoms with E-state index in [0.717, 1.165) is 0 Å².